The quantitative estimate of drug-likeness (QED) is 0.422. The smallest absolute Gasteiger partial charge is 0.260 e. The van der Waals surface area contributed by atoms with Gasteiger partial charge >= 0.3 is 0 Å². The molecule has 3 rings (SSSR count). The van der Waals surface area contributed by atoms with Crippen molar-refractivity contribution in [2.45, 2.75) is 27.7 Å². The number of para-hydroxylation sites is 1. The van der Waals surface area contributed by atoms with E-state index < -0.39 is 22.5 Å². The van der Waals surface area contributed by atoms with Gasteiger partial charge in [0.05, 0.1) is 18.2 Å². The van der Waals surface area contributed by atoms with E-state index in [1.807, 2.05) is 30.5 Å². The number of aryl methyl sites for hydroxylation is 3. The molecule has 1 heterocycles. The Morgan fingerprint density at radius 2 is 1.70 bits per heavy atom. The molecular formula is C24H27FN4O3S. The van der Waals surface area contributed by atoms with Gasteiger partial charge in [0.25, 0.3) is 5.91 Å². The summed E-state index contributed by atoms with van der Waals surface area (Å²) in [4.78, 5) is 12.5. The SMILES string of the molecule is Cc1cccc(C)c1N(CC(=O)N/N=C\c1cc(C)n(-c2ccc(F)cc2)c1C)S(C)(=O)=O. The van der Waals surface area contributed by atoms with Crippen LogP contribution in [-0.2, 0) is 14.8 Å². The van der Waals surface area contributed by atoms with Gasteiger partial charge in [-0.25, -0.2) is 18.2 Å². The van der Waals surface area contributed by atoms with E-state index in [0.29, 0.717) is 5.69 Å². The summed E-state index contributed by atoms with van der Waals surface area (Å²) in [6.07, 6.45) is 2.57. The van der Waals surface area contributed by atoms with Gasteiger partial charge in [-0.3, -0.25) is 9.10 Å². The zero-order chi connectivity index (χ0) is 24.3. The van der Waals surface area contributed by atoms with Gasteiger partial charge in [0, 0.05) is 22.6 Å². The van der Waals surface area contributed by atoms with Crippen LogP contribution in [0.1, 0.15) is 28.1 Å². The monoisotopic (exact) mass is 470 g/mol. The summed E-state index contributed by atoms with van der Waals surface area (Å²) in [5.74, 6) is -0.874. The van der Waals surface area contributed by atoms with Crippen LogP contribution in [0.5, 0.6) is 0 Å². The summed E-state index contributed by atoms with van der Waals surface area (Å²) < 4.78 is 41.1. The third-order valence-corrected chi connectivity index (χ3v) is 6.44. The highest BCUT2D eigenvalue weighted by Crippen LogP contribution is 2.26. The van der Waals surface area contributed by atoms with E-state index in [9.17, 15) is 17.6 Å². The maximum Gasteiger partial charge on any atom is 0.260 e. The number of benzene rings is 2. The van der Waals surface area contributed by atoms with Crippen molar-refractivity contribution in [2.24, 2.45) is 5.10 Å². The lowest BCUT2D eigenvalue weighted by Crippen LogP contribution is -2.39. The molecular weight excluding hydrogens is 443 g/mol. The fraction of sp³-hybridized carbons (Fsp3) is 0.250. The number of nitrogens with zero attached hydrogens (tertiary/aromatic N) is 3. The van der Waals surface area contributed by atoms with Crippen LogP contribution < -0.4 is 9.73 Å². The first kappa shape index (κ1) is 24.2. The van der Waals surface area contributed by atoms with Crippen molar-refractivity contribution in [3.05, 3.63) is 82.4 Å². The molecule has 0 spiro atoms. The number of hydrazone groups is 1. The van der Waals surface area contributed by atoms with Gasteiger partial charge in [-0.05, 0) is 69.2 Å². The topological polar surface area (TPSA) is 83.8 Å². The van der Waals surface area contributed by atoms with Crippen molar-refractivity contribution >= 4 is 27.8 Å². The average molecular weight is 471 g/mol. The molecule has 0 radical (unpaired) electrons. The molecule has 0 aliphatic rings. The zero-order valence-electron chi connectivity index (χ0n) is 19.3. The first-order chi connectivity index (χ1) is 15.5. The second-order valence-corrected chi connectivity index (χ2v) is 9.85. The van der Waals surface area contributed by atoms with Crippen molar-refractivity contribution in [3.63, 3.8) is 0 Å². The highest BCUT2D eigenvalue weighted by Gasteiger charge is 2.23. The second-order valence-electron chi connectivity index (χ2n) is 7.94. The number of amides is 1. The van der Waals surface area contributed by atoms with Gasteiger partial charge in [0.1, 0.15) is 12.4 Å². The van der Waals surface area contributed by atoms with Crippen LogP contribution in [0.25, 0.3) is 5.69 Å². The molecule has 0 bridgehead atoms. The number of carbonyl (C=O) groups is 1. The Hall–Kier alpha value is -3.46. The molecule has 33 heavy (non-hydrogen) atoms. The highest BCUT2D eigenvalue weighted by molar-refractivity contribution is 7.92. The average Bonchev–Trinajstić information content (AvgIpc) is 3.00. The van der Waals surface area contributed by atoms with E-state index >= 15 is 0 Å². The third kappa shape index (κ3) is 5.48. The van der Waals surface area contributed by atoms with Crippen LogP contribution in [0.2, 0.25) is 0 Å². The minimum atomic E-state index is -3.69. The lowest BCUT2D eigenvalue weighted by molar-refractivity contribution is -0.119. The van der Waals surface area contributed by atoms with E-state index in [1.165, 1.54) is 18.3 Å². The Balaban J connectivity index is 1.77. The molecule has 0 aliphatic heterocycles. The van der Waals surface area contributed by atoms with Crippen molar-refractivity contribution in [1.29, 1.82) is 0 Å². The van der Waals surface area contributed by atoms with Gasteiger partial charge in [-0.15, -0.1) is 0 Å². The highest BCUT2D eigenvalue weighted by atomic mass is 32.2. The van der Waals surface area contributed by atoms with Crippen LogP contribution >= 0.6 is 0 Å². The normalized spacial score (nSPS) is 11.7. The summed E-state index contributed by atoms with van der Waals surface area (Å²) in [5, 5.41) is 4.02. The van der Waals surface area contributed by atoms with Gasteiger partial charge in [-0.2, -0.15) is 5.10 Å². The number of anilines is 1. The molecule has 9 heteroatoms. The minimum absolute atomic E-state index is 0.310. The lowest BCUT2D eigenvalue weighted by atomic mass is 10.1. The molecule has 2 aromatic carbocycles. The predicted molar refractivity (Wildman–Crippen MR) is 129 cm³/mol. The van der Waals surface area contributed by atoms with Crippen molar-refractivity contribution in [2.75, 3.05) is 17.1 Å². The molecule has 7 nitrogen and oxygen atoms in total. The van der Waals surface area contributed by atoms with E-state index in [2.05, 4.69) is 10.5 Å². The van der Waals surface area contributed by atoms with Gasteiger partial charge < -0.3 is 4.57 Å². The predicted octanol–water partition coefficient (Wildman–Crippen LogP) is 3.77. The minimum Gasteiger partial charge on any atom is -0.318 e. The number of hydrogen-bond donors (Lipinski definition) is 1. The lowest BCUT2D eigenvalue weighted by Gasteiger charge is -2.25. The first-order valence-electron chi connectivity index (χ1n) is 10.3. The molecule has 1 N–H and O–H groups in total. The van der Waals surface area contributed by atoms with Crippen molar-refractivity contribution in [1.82, 2.24) is 9.99 Å². The second kappa shape index (κ2) is 9.58. The molecule has 1 amide bonds. The first-order valence-corrected chi connectivity index (χ1v) is 12.1. The fourth-order valence-corrected chi connectivity index (χ4v) is 4.78. The molecule has 0 saturated heterocycles. The number of sulfonamides is 1. The standard InChI is InChI=1S/C24H27FN4O3S/c1-16-7-6-8-17(2)24(16)28(33(5,31)32)15-23(30)27-26-14-20-13-18(3)29(19(20)4)22-11-9-21(25)10-12-22/h6-14H,15H2,1-5H3,(H,27,30)/b26-14-. The fourth-order valence-electron chi connectivity index (χ4n) is 3.81. The summed E-state index contributed by atoms with van der Waals surface area (Å²) in [6.45, 7) is 7.02. The Morgan fingerprint density at radius 1 is 1.09 bits per heavy atom. The number of hydrogen-bond acceptors (Lipinski definition) is 4. The zero-order valence-corrected chi connectivity index (χ0v) is 20.1. The van der Waals surface area contributed by atoms with Crippen LogP contribution in [-0.4, -0.2) is 37.9 Å². The molecule has 1 aromatic heterocycles. The summed E-state index contributed by atoms with van der Waals surface area (Å²) in [7, 11) is -3.69. The van der Waals surface area contributed by atoms with Crippen molar-refractivity contribution < 1.29 is 17.6 Å². The summed E-state index contributed by atoms with van der Waals surface area (Å²) >= 11 is 0. The Bertz CT molecular complexity index is 1290. The summed E-state index contributed by atoms with van der Waals surface area (Å²) in [5.41, 5.74) is 7.78. The number of halogens is 1. The van der Waals surface area contributed by atoms with Crippen LogP contribution in [0.15, 0.2) is 53.6 Å². The molecule has 0 aliphatic carbocycles. The number of rotatable bonds is 7. The van der Waals surface area contributed by atoms with Crippen LogP contribution in [0.3, 0.4) is 0 Å². The maximum absolute atomic E-state index is 13.3. The van der Waals surface area contributed by atoms with Gasteiger partial charge in [0.2, 0.25) is 10.0 Å². The van der Waals surface area contributed by atoms with E-state index in [4.69, 9.17) is 0 Å². The largest absolute Gasteiger partial charge is 0.318 e. The van der Waals surface area contributed by atoms with Gasteiger partial charge in [0.15, 0.2) is 0 Å². The number of aromatic nitrogens is 1. The van der Waals surface area contributed by atoms with E-state index in [-0.39, 0.29) is 5.82 Å². The number of nitrogens with one attached hydrogen (secondary N) is 1. The Labute approximate surface area is 193 Å². The number of carbonyl (C=O) groups excluding carboxylic acids is 1. The van der Waals surface area contributed by atoms with Crippen LogP contribution in [0.4, 0.5) is 10.1 Å². The maximum atomic E-state index is 13.3. The van der Waals surface area contributed by atoms with Crippen molar-refractivity contribution in [3.8, 4) is 5.69 Å². The molecule has 0 saturated carbocycles. The molecule has 0 unspecified atom stereocenters. The molecule has 0 fully saturated rings. The third-order valence-electron chi connectivity index (χ3n) is 5.32. The molecule has 174 valence electrons. The van der Waals surface area contributed by atoms with Crippen LogP contribution in [0, 0.1) is 33.5 Å². The Morgan fingerprint density at radius 3 is 2.27 bits per heavy atom. The van der Waals surface area contributed by atoms with E-state index in [0.717, 1.165) is 44.3 Å². The summed E-state index contributed by atoms with van der Waals surface area (Å²) in [6, 6.07) is 13.5. The van der Waals surface area contributed by atoms with E-state index in [1.54, 1.807) is 38.1 Å². The molecule has 0 atom stereocenters. The molecule has 3 aromatic rings. The van der Waals surface area contributed by atoms with Gasteiger partial charge in [-0.1, -0.05) is 18.2 Å². The Kier molecular flexibility index (Phi) is 7.02.